The number of esters is 1. The third-order valence-corrected chi connectivity index (χ3v) is 3.71. The summed E-state index contributed by atoms with van der Waals surface area (Å²) >= 11 is 4.65. The van der Waals surface area contributed by atoms with Crippen LogP contribution in [0.25, 0.3) is 0 Å². The number of hydrogen-bond acceptors (Lipinski definition) is 4. The number of halogens is 1. The smallest absolute Gasteiger partial charge is 0.349 e. The molecule has 0 aromatic carbocycles. The van der Waals surface area contributed by atoms with Crippen LogP contribution in [0, 0.1) is 0 Å². The number of rotatable bonds is 3. The van der Waals surface area contributed by atoms with Crippen LogP contribution in [0.5, 0.6) is 0 Å². The molecule has 0 spiro atoms. The van der Waals surface area contributed by atoms with E-state index in [2.05, 4.69) is 20.9 Å². The summed E-state index contributed by atoms with van der Waals surface area (Å²) < 4.78 is 5.93. The lowest BCUT2D eigenvalue weighted by molar-refractivity contribution is 0.0477. The molecular formula is C11H8BrNO2S. The first kappa shape index (κ1) is 11.3. The molecule has 0 aliphatic carbocycles. The molecule has 0 atom stereocenters. The van der Waals surface area contributed by atoms with Gasteiger partial charge in [0, 0.05) is 22.4 Å². The molecule has 2 aromatic rings. The van der Waals surface area contributed by atoms with Crippen LogP contribution < -0.4 is 0 Å². The van der Waals surface area contributed by atoms with Crippen molar-refractivity contribution in [3.63, 3.8) is 0 Å². The monoisotopic (exact) mass is 297 g/mol. The maximum Gasteiger partial charge on any atom is 0.349 e. The third-order valence-electron chi connectivity index (χ3n) is 1.90. The summed E-state index contributed by atoms with van der Waals surface area (Å²) in [6.45, 7) is 0.247. The van der Waals surface area contributed by atoms with Gasteiger partial charge in [-0.2, -0.15) is 0 Å². The third kappa shape index (κ3) is 2.68. The van der Waals surface area contributed by atoms with Crippen molar-refractivity contribution >= 4 is 33.2 Å². The lowest BCUT2D eigenvalue weighted by Crippen LogP contribution is -2.03. The topological polar surface area (TPSA) is 39.2 Å². The number of hydrogen-bond donors (Lipinski definition) is 0. The van der Waals surface area contributed by atoms with Crippen molar-refractivity contribution in [3.8, 4) is 0 Å². The summed E-state index contributed by atoms with van der Waals surface area (Å²) in [6, 6.07) is 5.50. The molecule has 0 N–H and O–H groups in total. The fraction of sp³-hybridized carbons (Fsp3) is 0.0909. The molecule has 5 heteroatoms. The molecule has 0 radical (unpaired) electrons. The molecule has 82 valence electrons. The lowest BCUT2D eigenvalue weighted by atomic mass is 10.3. The van der Waals surface area contributed by atoms with Crippen molar-refractivity contribution in [2.45, 2.75) is 6.61 Å². The first-order valence-corrected chi connectivity index (χ1v) is 6.23. The Hall–Kier alpha value is -1.20. The molecule has 0 aliphatic heterocycles. The van der Waals surface area contributed by atoms with Gasteiger partial charge in [0.25, 0.3) is 0 Å². The van der Waals surface area contributed by atoms with Gasteiger partial charge in [-0.05, 0) is 33.4 Å². The van der Waals surface area contributed by atoms with Crippen LogP contribution in [-0.2, 0) is 11.3 Å². The van der Waals surface area contributed by atoms with Crippen LogP contribution in [0.2, 0.25) is 0 Å². The Morgan fingerprint density at radius 3 is 3.00 bits per heavy atom. The zero-order valence-electron chi connectivity index (χ0n) is 8.22. The number of nitrogens with zero attached hydrogens (tertiary/aromatic N) is 1. The van der Waals surface area contributed by atoms with Crippen molar-refractivity contribution in [1.82, 2.24) is 4.98 Å². The van der Waals surface area contributed by atoms with E-state index in [1.165, 1.54) is 11.3 Å². The Morgan fingerprint density at radius 1 is 1.50 bits per heavy atom. The average Bonchev–Trinajstić information content (AvgIpc) is 2.74. The van der Waals surface area contributed by atoms with E-state index in [0.29, 0.717) is 4.88 Å². The van der Waals surface area contributed by atoms with E-state index in [9.17, 15) is 4.79 Å². The zero-order chi connectivity index (χ0) is 11.4. The van der Waals surface area contributed by atoms with Crippen molar-refractivity contribution in [2.24, 2.45) is 0 Å². The number of ether oxygens (including phenoxy) is 1. The maximum absolute atomic E-state index is 11.6. The largest absolute Gasteiger partial charge is 0.457 e. The number of pyridine rings is 1. The molecule has 0 unspecified atom stereocenters. The number of carbonyl (C=O) groups is 1. The van der Waals surface area contributed by atoms with Crippen LogP contribution in [0.3, 0.4) is 0 Å². The normalized spacial score (nSPS) is 10.1. The van der Waals surface area contributed by atoms with Gasteiger partial charge in [0.1, 0.15) is 11.5 Å². The van der Waals surface area contributed by atoms with E-state index in [1.807, 2.05) is 23.6 Å². The van der Waals surface area contributed by atoms with E-state index in [0.717, 1.165) is 10.0 Å². The maximum atomic E-state index is 11.6. The van der Waals surface area contributed by atoms with Crippen LogP contribution in [0.1, 0.15) is 15.2 Å². The summed E-state index contributed by atoms with van der Waals surface area (Å²) in [5.74, 6) is -0.314. The second kappa shape index (κ2) is 5.23. The second-order valence-corrected chi connectivity index (χ2v) is 4.81. The molecule has 3 nitrogen and oxygen atoms in total. The van der Waals surface area contributed by atoms with Crippen LogP contribution in [0.15, 0.2) is 40.4 Å². The Kier molecular flexibility index (Phi) is 3.69. The van der Waals surface area contributed by atoms with Gasteiger partial charge in [-0.15, -0.1) is 11.3 Å². The van der Waals surface area contributed by atoms with E-state index in [4.69, 9.17) is 4.74 Å². The Labute approximate surface area is 105 Å². The number of aromatic nitrogens is 1. The molecule has 0 saturated heterocycles. The first-order chi connectivity index (χ1) is 7.77. The Morgan fingerprint density at radius 2 is 2.38 bits per heavy atom. The quantitative estimate of drug-likeness (QED) is 0.816. The highest BCUT2D eigenvalue weighted by Crippen LogP contribution is 2.23. The predicted octanol–water partition coefficient (Wildman–Crippen LogP) is 3.26. The molecule has 0 saturated carbocycles. The predicted molar refractivity (Wildman–Crippen MR) is 65.4 cm³/mol. The Bertz CT molecular complexity index is 484. The molecular weight excluding hydrogens is 290 g/mol. The van der Waals surface area contributed by atoms with Crippen molar-refractivity contribution < 1.29 is 9.53 Å². The Balaban J connectivity index is 1.97. The molecule has 2 rings (SSSR count). The van der Waals surface area contributed by atoms with Gasteiger partial charge in [-0.3, -0.25) is 4.98 Å². The fourth-order valence-electron chi connectivity index (χ4n) is 1.14. The first-order valence-electron chi connectivity index (χ1n) is 4.56. The molecule has 0 fully saturated rings. The number of thiophene rings is 1. The van der Waals surface area contributed by atoms with Crippen molar-refractivity contribution in [1.29, 1.82) is 0 Å². The van der Waals surface area contributed by atoms with E-state index in [-0.39, 0.29) is 12.6 Å². The highest BCUT2D eigenvalue weighted by atomic mass is 79.9. The van der Waals surface area contributed by atoms with Crippen molar-refractivity contribution in [3.05, 3.63) is 50.9 Å². The molecule has 2 heterocycles. The molecule has 0 aliphatic rings. The van der Waals surface area contributed by atoms with Gasteiger partial charge < -0.3 is 4.74 Å². The summed E-state index contributed by atoms with van der Waals surface area (Å²) in [5, 5.41) is 1.84. The fourth-order valence-corrected chi connectivity index (χ4v) is 2.56. The highest BCUT2D eigenvalue weighted by Gasteiger charge is 2.12. The summed E-state index contributed by atoms with van der Waals surface area (Å²) in [4.78, 5) is 16.2. The summed E-state index contributed by atoms with van der Waals surface area (Å²) in [6.07, 6.45) is 3.36. The van der Waals surface area contributed by atoms with Crippen molar-refractivity contribution in [2.75, 3.05) is 0 Å². The average molecular weight is 298 g/mol. The molecule has 2 aromatic heterocycles. The minimum absolute atomic E-state index is 0.247. The second-order valence-electron chi connectivity index (χ2n) is 3.04. The SMILES string of the molecule is O=C(OCc1cccnc1)c1sccc1Br. The van der Waals surface area contributed by atoms with Gasteiger partial charge in [-0.25, -0.2) is 4.79 Å². The summed E-state index contributed by atoms with van der Waals surface area (Å²) in [5.41, 5.74) is 0.878. The van der Waals surface area contributed by atoms with Gasteiger partial charge >= 0.3 is 5.97 Å². The minimum Gasteiger partial charge on any atom is -0.457 e. The van der Waals surface area contributed by atoms with Gasteiger partial charge in [0.2, 0.25) is 0 Å². The van der Waals surface area contributed by atoms with Crippen LogP contribution in [-0.4, -0.2) is 11.0 Å². The van der Waals surface area contributed by atoms with Gasteiger partial charge in [-0.1, -0.05) is 6.07 Å². The van der Waals surface area contributed by atoms with Gasteiger partial charge in [0.05, 0.1) is 0 Å². The van der Waals surface area contributed by atoms with Gasteiger partial charge in [0.15, 0.2) is 0 Å². The minimum atomic E-state index is -0.314. The van der Waals surface area contributed by atoms with Crippen LogP contribution >= 0.6 is 27.3 Å². The zero-order valence-corrected chi connectivity index (χ0v) is 10.6. The standard InChI is InChI=1S/C11H8BrNO2S/c12-9-3-5-16-10(9)11(14)15-7-8-2-1-4-13-6-8/h1-6H,7H2. The highest BCUT2D eigenvalue weighted by molar-refractivity contribution is 9.10. The molecule has 16 heavy (non-hydrogen) atoms. The van der Waals surface area contributed by atoms with Crippen LogP contribution in [0.4, 0.5) is 0 Å². The van der Waals surface area contributed by atoms with E-state index in [1.54, 1.807) is 12.4 Å². The van der Waals surface area contributed by atoms with E-state index >= 15 is 0 Å². The molecule has 0 amide bonds. The lowest BCUT2D eigenvalue weighted by Gasteiger charge is -2.03. The number of carbonyl (C=O) groups excluding carboxylic acids is 1. The summed E-state index contributed by atoms with van der Waals surface area (Å²) in [7, 11) is 0. The van der Waals surface area contributed by atoms with E-state index < -0.39 is 0 Å². The molecule has 0 bridgehead atoms.